The second-order valence-corrected chi connectivity index (χ2v) is 5.30. The van der Waals surface area contributed by atoms with E-state index in [2.05, 4.69) is 35.4 Å². The van der Waals surface area contributed by atoms with E-state index in [-0.39, 0.29) is 17.9 Å². The van der Waals surface area contributed by atoms with Crippen molar-refractivity contribution in [2.45, 2.75) is 31.7 Å². The van der Waals surface area contributed by atoms with Gasteiger partial charge in [-0.1, -0.05) is 30.3 Å². The van der Waals surface area contributed by atoms with Gasteiger partial charge >= 0.3 is 0 Å². The van der Waals surface area contributed by atoms with E-state index in [1.165, 1.54) is 11.1 Å². The Bertz CT molecular complexity index is 609. The maximum Gasteiger partial charge on any atom is 0.220 e. The minimum atomic E-state index is 0.129. The predicted molar refractivity (Wildman–Crippen MR) is 78.4 cm³/mol. The average Bonchev–Trinajstić information content (AvgIpc) is 2.89. The zero-order valence-electron chi connectivity index (χ0n) is 11.5. The number of nitrogens with one attached hydrogen (secondary N) is 1. The summed E-state index contributed by atoms with van der Waals surface area (Å²) >= 11 is 0. The number of carbonyl (C=O) groups is 1. The summed E-state index contributed by atoms with van der Waals surface area (Å²) in [6.07, 6.45) is 3.30. The van der Waals surface area contributed by atoms with Crippen LogP contribution in [0.2, 0.25) is 0 Å². The number of benzene rings is 1. The lowest BCUT2D eigenvalue weighted by molar-refractivity contribution is -0.119. The van der Waals surface area contributed by atoms with Crippen molar-refractivity contribution in [3.05, 3.63) is 65.5 Å². The maximum absolute atomic E-state index is 11.6. The highest BCUT2D eigenvalue weighted by atomic mass is 16.1. The van der Waals surface area contributed by atoms with Gasteiger partial charge in [0, 0.05) is 30.3 Å². The summed E-state index contributed by atoms with van der Waals surface area (Å²) in [7, 11) is 0. The van der Waals surface area contributed by atoms with Gasteiger partial charge in [0.05, 0.1) is 0 Å². The van der Waals surface area contributed by atoms with Crippen molar-refractivity contribution in [1.82, 2.24) is 10.3 Å². The van der Waals surface area contributed by atoms with E-state index in [0.29, 0.717) is 6.42 Å². The molecule has 1 aromatic heterocycles. The van der Waals surface area contributed by atoms with Gasteiger partial charge in [-0.2, -0.15) is 0 Å². The zero-order chi connectivity index (χ0) is 13.9. The van der Waals surface area contributed by atoms with E-state index in [1.807, 2.05) is 30.5 Å². The Labute approximate surface area is 119 Å². The molecule has 0 radical (unpaired) electrons. The number of aromatic nitrogens is 1. The van der Waals surface area contributed by atoms with Crippen LogP contribution in [0.4, 0.5) is 0 Å². The van der Waals surface area contributed by atoms with Gasteiger partial charge in [-0.25, -0.2) is 0 Å². The Kier molecular flexibility index (Phi) is 3.50. The highest BCUT2D eigenvalue weighted by Gasteiger charge is 2.32. The van der Waals surface area contributed by atoms with E-state index in [9.17, 15) is 4.79 Å². The second-order valence-electron chi connectivity index (χ2n) is 5.30. The topological polar surface area (TPSA) is 42.0 Å². The third kappa shape index (κ3) is 2.44. The molecule has 2 atom stereocenters. The van der Waals surface area contributed by atoms with Crippen LogP contribution in [0.5, 0.6) is 0 Å². The molecule has 0 saturated carbocycles. The zero-order valence-corrected chi connectivity index (χ0v) is 11.5. The third-order valence-electron chi connectivity index (χ3n) is 3.96. The summed E-state index contributed by atoms with van der Waals surface area (Å²) in [5, 5.41) is 3.10. The highest BCUT2D eigenvalue weighted by Crippen LogP contribution is 2.32. The first-order valence-electron chi connectivity index (χ1n) is 7.01. The summed E-state index contributed by atoms with van der Waals surface area (Å²) < 4.78 is 0. The van der Waals surface area contributed by atoms with E-state index in [1.54, 1.807) is 0 Å². The van der Waals surface area contributed by atoms with Crippen molar-refractivity contribution in [1.29, 1.82) is 0 Å². The molecule has 1 aliphatic heterocycles. The molecule has 1 aromatic carbocycles. The van der Waals surface area contributed by atoms with Crippen LogP contribution in [0.15, 0.2) is 48.7 Å². The number of pyridine rings is 1. The fraction of sp³-hybridized carbons (Fsp3) is 0.294. The molecule has 3 rings (SSSR count). The van der Waals surface area contributed by atoms with Crippen molar-refractivity contribution in [3.8, 4) is 0 Å². The number of aryl methyl sites for hydroxylation is 1. The number of hydrogen-bond acceptors (Lipinski definition) is 2. The van der Waals surface area contributed by atoms with Crippen LogP contribution in [-0.4, -0.2) is 16.9 Å². The van der Waals surface area contributed by atoms with Gasteiger partial charge in [0.15, 0.2) is 0 Å². The Morgan fingerprint density at radius 1 is 1.20 bits per heavy atom. The maximum atomic E-state index is 11.6. The van der Waals surface area contributed by atoms with Gasteiger partial charge in [-0.05, 0) is 36.6 Å². The number of nitrogens with zero attached hydrogens (tertiary/aromatic N) is 1. The van der Waals surface area contributed by atoms with E-state index >= 15 is 0 Å². The van der Waals surface area contributed by atoms with E-state index in [0.717, 1.165) is 12.1 Å². The monoisotopic (exact) mass is 266 g/mol. The molecule has 1 fully saturated rings. The minimum absolute atomic E-state index is 0.129. The SMILES string of the molecule is Cc1ccccc1[C@@H](c1ccccn1)[C@H]1CCC(=O)N1. The smallest absolute Gasteiger partial charge is 0.220 e. The molecule has 20 heavy (non-hydrogen) atoms. The standard InChI is InChI=1S/C17H18N2O/c1-12-6-2-3-7-13(12)17(14-8-4-5-11-18-14)15-9-10-16(20)19-15/h2-8,11,15,17H,9-10H2,1H3,(H,19,20)/t15-,17+/m1/s1. The molecule has 0 aliphatic carbocycles. The first kappa shape index (κ1) is 12.9. The van der Waals surface area contributed by atoms with Gasteiger partial charge in [-0.3, -0.25) is 9.78 Å². The Morgan fingerprint density at radius 2 is 2.00 bits per heavy atom. The number of carbonyl (C=O) groups excluding carboxylic acids is 1. The quantitative estimate of drug-likeness (QED) is 0.928. The van der Waals surface area contributed by atoms with Crippen molar-refractivity contribution >= 4 is 5.91 Å². The molecule has 0 unspecified atom stereocenters. The predicted octanol–water partition coefficient (Wildman–Crippen LogP) is 2.80. The molecular weight excluding hydrogens is 248 g/mol. The molecule has 2 aromatic rings. The summed E-state index contributed by atoms with van der Waals surface area (Å²) in [6.45, 7) is 2.11. The van der Waals surface area contributed by atoms with Crippen LogP contribution in [-0.2, 0) is 4.79 Å². The Balaban J connectivity index is 2.04. The molecule has 1 saturated heterocycles. The lowest BCUT2D eigenvalue weighted by Gasteiger charge is -2.25. The lowest BCUT2D eigenvalue weighted by atomic mass is 9.85. The summed E-state index contributed by atoms with van der Waals surface area (Å²) in [4.78, 5) is 16.1. The first-order valence-corrected chi connectivity index (χ1v) is 7.01. The van der Waals surface area contributed by atoms with Gasteiger partial charge in [0.25, 0.3) is 0 Å². The van der Waals surface area contributed by atoms with Gasteiger partial charge in [-0.15, -0.1) is 0 Å². The van der Waals surface area contributed by atoms with Crippen LogP contribution in [0, 0.1) is 6.92 Å². The van der Waals surface area contributed by atoms with Crippen molar-refractivity contribution in [2.24, 2.45) is 0 Å². The Morgan fingerprint density at radius 3 is 2.65 bits per heavy atom. The number of hydrogen-bond donors (Lipinski definition) is 1. The van der Waals surface area contributed by atoms with Gasteiger partial charge in [0.2, 0.25) is 5.91 Å². The summed E-state index contributed by atoms with van der Waals surface area (Å²) in [5.74, 6) is 0.272. The fourth-order valence-corrected chi connectivity index (χ4v) is 2.97. The molecule has 1 amide bonds. The molecule has 0 bridgehead atoms. The van der Waals surface area contributed by atoms with Crippen molar-refractivity contribution in [3.63, 3.8) is 0 Å². The van der Waals surface area contributed by atoms with Crippen LogP contribution in [0.3, 0.4) is 0 Å². The molecule has 102 valence electrons. The first-order chi connectivity index (χ1) is 9.75. The van der Waals surface area contributed by atoms with Crippen LogP contribution < -0.4 is 5.32 Å². The van der Waals surface area contributed by atoms with Crippen LogP contribution >= 0.6 is 0 Å². The summed E-state index contributed by atoms with van der Waals surface area (Å²) in [6, 6.07) is 14.5. The molecule has 3 heteroatoms. The molecule has 1 N–H and O–H groups in total. The van der Waals surface area contributed by atoms with Crippen LogP contribution in [0.25, 0.3) is 0 Å². The van der Waals surface area contributed by atoms with Crippen molar-refractivity contribution < 1.29 is 4.79 Å². The molecular formula is C17H18N2O. The molecule has 1 aliphatic rings. The molecule has 0 spiro atoms. The lowest BCUT2D eigenvalue weighted by Crippen LogP contribution is -2.32. The van der Waals surface area contributed by atoms with Crippen molar-refractivity contribution in [2.75, 3.05) is 0 Å². The second kappa shape index (κ2) is 5.45. The largest absolute Gasteiger partial charge is 0.352 e. The normalized spacial score (nSPS) is 19.6. The highest BCUT2D eigenvalue weighted by molar-refractivity contribution is 5.78. The Hall–Kier alpha value is -2.16. The van der Waals surface area contributed by atoms with E-state index < -0.39 is 0 Å². The molecule has 3 nitrogen and oxygen atoms in total. The number of rotatable bonds is 3. The van der Waals surface area contributed by atoms with E-state index in [4.69, 9.17) is 0 Å². The minimum Gasteiger partial charge on any atom is -0.352 e. The number of amides is 1. The fourth-order valence-electron chi connectivity index (χ4n) is 2.97. The average molecular weight is 266 g/mol. The third-order valence-corrected chi connectivity index (χ3v) is 3.96. The molecule has 2 heterocycles. The van der Waals surface area contributed by atoms with Gasteiger partial charge in [0.1, 0.15) is 0 Å². The summed E-state index contributed by atoms with van der Waals surface area (Å²) in [5.41, 5.74) is 3.51. The van der Waals surface area contributed by atoms with Gasteiger partial charge < -0.3 is 5.32 Å². The van der Waals surface area contributed by atoms with Crippen LogP contribution in [0.1, 0.15) is 35.6 Å².